The van der Waals surface area contributed by atoms with E-state index in [1.54, 1.807) is 44.1 Å². The average molecular weight is 311 g/mol. The van der Waals surface area contributed by atoms with Crippen molar-refractivity contribution in [2.24, 2.45) is 7.05 Å². The molecule has 1 atom stereocenters. The highest BCUT2D eigenvalue weighted by molar-refractivity contribution is 6.30. The van der Waals surface area contributed by atoms with E-state index in [4.69, 9.17) is 21.1 Å². The Balaban J connectivity index is 2.29. The topological polar surface area (TPSA) is 56.5 Å². The van der Waals surface area contributed by atoms with E-state index in [1.165, 1.54) is 0 Å². The summed E-state index contributed by atoms with van der Waals surface area (Å²) in [5.74, 6) is 1.27. The predicted molar refractivity (Wildman–Crippen MR) is 81.2 cm³/mol. The van der Waals surface area contributed by atoms with E-state index in [0.717, 1.165) is 11.3 Å². The van der Waals surface area contributed by atoms with Gasteiger partial charge in [0.1, 0.15) is 16.7 Å². The van der Waals surface area contributed by atoms with Crippen LogP contribution in [0.4, 0.5) is 0 Å². The molecule has 6 heteroatoms. The van der Waals surface area contributed by atoms with E-state index in [9.17, 15) is 5.11 Å². The molecule has 0 amide bonds. The van der Waals surface area contributed by atoms with Crippen LogP contribution >= 0.6 is 11.6 Å². The molecule has 0 radical (unpaired) electrons. The highest BCUT2D eigenvalue weighted by Crippen LogP contribution is 2.30. The lowest BCUT2D eigenvalue weighted by Crippen LogP contribution is -2.04. The van der Waals surface area contributed by atoms with E-state index in [-0.39, 0.29) is 0 Å². The molecule has 0 saturated carbocycles. The summed E-state index contributed by atoms with van der Waals surface area (Å²) in [5, 5.41) is 15.3. The third-order valence-corrected chi connectivity index (χ3v) is 3.90. The molecule has 0 saturated heterocycles. The van der Waals surface area contributed by atoms with Gasteiger partial charge in [-0.2, -0.15) is 5.10 Å². The van der Waals surface area contributed by atoms with Crippen LogP contribution in [0.25, 0.3) is 0 Å². The molecule has 21 heavy (non-hydrogen) atoms. The smallest absolute Gasteiger partial charge is 0.130 e. The van der Waals surface area contributed by atoms with Crippen LogP contribution in [-0.4, -0.2) is 29.1 Å². The van der Waals surface area contributed by atoms with Gasteiger partial charge in [-0.05, 0) is 24.6 Å². The molecule has 0 fully saturated rings. The van der Waals surface area contributed by atoms with Crippen molar-refractivity contribution in [3.8, 4) is 11.5 Å². The van der Waals surface area contributed by atoms with E-state index in [1.807, 2.05) is 6.92 Å². The van der Waals surface area contributed by atoms with Gasteiger partial charge >= 0.3 is 0 Å². The van der Waals surface area contributed by atoms with E-state index < -0.39 is 6.10 Å². The van der Waals surface area contributed by atoms with Gasteiger partial charge in [0.2, 0.25) is 0 Å². The molecule has 1 N–H and O–H groups in total. The van der Waals surface area contributed by atoms with E-state index >= 15 is 0 Å². The Morgan fingerprint density at radius 2 is 1.81 bits per heavy atom. The number of ether oxygens (including phenoxy) is 2. The van der Waals surface area contributed by atoms with Gasteiger partial charge in [0.05, 0.1) is 26.0 Å². The van der Waals surface area contributed by atoms with Crippen molar-refractivity contribution >= 4 is 11.6 Å². The van der Waals surface area contributed by atoms with Crippen molar-refractivity contribution in [2.45, 2.75) is 19.4 Å². The quantitative estimate of drug-likeness (QED) is 0.922. The van der Waals surface area contributed by atoms with Crippen molar-refractivity contribution in [3.63, 3.8) is 0 Å². The molecular weight excluding hydrogens is 292 g/mol. The Bertz CT molecular complexity index is 618. The molecule has 0 bridgehead atoms. The van der Waals surface area contributed by atoms with Crippen LogP contribution in [0, 0.1) is 6.92 Å². The summed E-state index contributed by atoms with van der Waals surface area (Å²) in [6, 6.07) is 5.33. The molecule has 5 nitrogen and oxygen atoms in total. The molecular formula is C15H19ClN2O3. The van der Waals surface area contributed by atoms with Crippen LogP contribution < -0.4 is 9.47 Å². The summed E-state index contributed by atoms with van der Waals surface area (Å²) in [6.07, 6.45) is -0.330. The number of aliphatic hydroxyl groups is 1. The van der Waals surface area contributed by atoms with Gasteiger partial charge in [-0.3, -0.25) is 4.68 Å². The van der Waals surface area contributed by atoms with Crippen molar-refractivity contribution in [1.82, 2.24) is 9.78 Å². The Morgan fingerprint density at radius 1 is 1.24 bits per heavy atom. The number of hydrogen-bond donors (Lipinski definition) is 1. The molecule has 1 unspecified atom stereocenters. The van der Waals surface area contributed by atoms with Gasteiger partial charge in [0.25, 0.3) is 0 Å². The first-order valence-electron chi connectivity index (χ1n) is 6.55. The van der Waals surface area contributed by atoms with Gasteiger partial charge < -0.3 is 14.6 Å². The molecule has 0 spiro atoms. The van der Waals surface area contributed by atoms with E-state index in [2.05, 4.69) is 5.10 Å². The summed E-state index contributed by atoms with van der Waals surface area (Å²) < 4.78 is 12.0. The minimum Gasteiger partial charge on any atom is -0.497 e. The number of methoxy groups -OCH3 is 2. The third kappa shape index (κ3) is 3.31. The highest BCUT2D eigenvalue weighted by Gasteiger charge is 2.18. The molecule has 0 aliphatic carbocycles. The molecule has 1 aromatic carbocycles. The fourth-order valence-corrected chi connectivity index (χ4v) is 2.49. The van der Waals surface area contributed by atoms with Gasteiger partial charge in [0.15, 0.2) is 0 Å². The maximum absolute atomic E-state index is 10.5. The first-order valence-corrected chi connectivity index (χ1v) is 6.93. The first-order chi connectivity index (χ1) is 9.96. The van der Waals surface area contributed by atoms with Crippen LogP contribution in [0.15, 0.2) is 18.2 Å². The molecule has 2 rings (SSSR count). The third-order valence-electron chi connectivity index (χ3n) is 3.43. The summed E-state index contributed by atoms with van der Waals surface area (Å²) in [4.78, 5) is 0. The second-order valence-corrected chi connectivity index (χ2v) is 5.20. The van der Waals surface area contributed by atoms with Crippen LogP contribution in [0.1, 0.15) is 22.9 Å². The minimum atomic E-state index is -0.714. The zero-order chi connectivity index (χ0) is 15.6. The fourth-order valence-electron chi connectivity index (χ4n) is 2.24. The zero-order valence-electron chi connectivity index (χ0n) is 12.6. The molecule has 2 aromatic rings. The molecule has 1 heterocycles. The number of benzene rings is 1. The lowest BCUT2D eigenvalue weighted by Gasteiger charge is -2.14. The normalized spacial score (nSPS) is 12.3. The standard InChI is InChI=1S/C15H19ClN2O3/c1-9-13(15(16)18(2)17-9)8-14(19)10-5-11(20-3)7-12(6-10)21-4/h5-7,14,19H,8H2,1-4H3. The summed E-state index contributed by atoms with van der Waals surface area (Å²) in [5.41, 5.74) is 2.37. The highest BCUT2D eigenvalue weighted by atomic mass is 35.5. The van der Waals surface area contributed by atoms with Crippen LogP contribution in [-0.2, 0) is 13.5 Å². The number of rotatable bonds is 5. The Hall–Kier alpha value is -1.72. The first kappa shape index (κ1) is 15.7. The van der Waals surface area contributed by atoms with Crippen LogP contribution in [0.5, 0.6) is 11.5 Å². The summed E-state index contributed by atoms with van der Waals surface area (Å²) >= 11 is 6.20. The van der Waals surface area contributed by atoms with Crippen molar-refractivity contribution in [1.29, 1.82) is 0 Å². The summed E-state index contributed by atoms with van der Waals surface area (Å²) in [7, 11) is 4.93. The second kappa shape index (κ2) is 6.37. The molecule has 0 aliphatic rings. The molecule has 0 aliphatic heterocycles. The molecule has 114 valence electrons. The molecule has 1 aromatic heterocycles. The minimum absolute atomic E-state index is 0.384. The Morgan fingerprint density at radius 3 is 2.24 bits per heavy atom. The lowest BCUT2D eigenvalue weighted by molar-refractivity contribution is 0.177. The van der Waals surface area contributed by atoms with Gasteiger partial charge in [-0.1, -0.05) is 11.6 Å². The number of aromatic nitrogens is 2. The van der Waals surface area contributed by atoms with Gasteiger partial charge in [-0.25, -0.2) is 0 Å². The van der Waals surface area contributed by atoms with E-state index in [0.29, 0.717) is 28.6 Å². The summed E-state index contributed by atoms with van der Waals surface area (Å²) in [6.45, 7) is 1.88. The maximum atomic E-state index is 10.5. The van der Waals surface area contributed by atoms with Gasteiger partial charge in [-0.15, -0.1) is 0 Å². The number of aliphatic hydroxyl groups excluding tert-OH is 1. The second-order valence-electron chi connectivity index (χ2n) is 4.84. The largest absolute Gasteiger partial charge is 0.497 e. The lowest BCUT2D eigenvalue weighted by atomic mass is 10.0. The zero-order valence-corrected chi connectivity index (χ0v) is 13.3. The van der Waals surface area contributed by atoms with Crippen molar-refractivity contribution < 1.29 is 14.6 Å². The predicted octanol–water partition coefficient (Wildman–Crippen LogP) is 2.68. The van der Waals surface area contributed by atoms with Crippen LogP contribution in [0.3, 0.4) is 0 Å². The van der Waals surface area contributed by atoms with Crippen molar-refractivity contribution in [2.75, 3.05) is 14.2 Å². The van der Waals surface area contributed by atoms with Crippen molar-refractivity contribution in [3.05, 3.63) is 40.2 Å². The number of halogens is 1. The van der Waals surface area contributed by atoms with Gasteiger partial charge in [0, 0.05) is 25.1 Å². The maximum Gasteiger partial charge on any atom is 0.130 e. The number of hydrogen-bond acceptors (Lipinski definition) is 4. The Labute approximate surface area is 129 Å². The Kier molecular flexibility index (Phi) is 4.75. The monoisotopic (exact) mass is 310 g/mol. The average Bonchev–Trinajstić information content (AvgIpc) is 2.72. The van der Waals surface area contributed by atoms with Crippen LogP contribution in [0.2, 0.25) is 5.15 Å². The SMILES string of the molecule is COc1cc(OC)cc(C(O)Cc2c(C)nn(C)c2Cl)c1. The number of nitrogens with zero attached hydrogens (tertiary/aromatic N) is 2. The fraction of sp³-hybridized carbons (Fsp3) is 0.400. The number of aryl methyl sites for hydroxylation is 2.